The standard InChI is InChI=1S/C16H21NO3/c1-9-15(20-13(17-9)5-14(18)19)16-6-10-2-11(7-16)4-12(3-10)8-16/h10-12H,2-8H2,1H3,(H,18,19). The van der Waals surface area contributed by atoms with Crippen molar-refractivity contribution >= 4 is 5.97 Å². The molecule has 4 fully saturated rings. The van der Waals surface area contributed by atoms with Gasteiger partial charge in [-0.05, 0) is 63.2 Å². The van der Waals surface area contributed by atoms with E-state index in [-0.39, 0.29) is 11.8 Å². The van der Waals surface area contributed by atoms with Crippen molar-refractivity contribution in [1.82, 2.24) is 4.98 Å². The van der Waals surface area contributed by atoms with Crippen molar-refractivity contribution in [3.05, 3.63) is 17.3 Å². The largest absolute Gasteiger partial charge is 0.481 e. The minimum atomic E-state index is -0.872. The van der Waals surface area contributed by atoms with Crippen molar-refractivity contribution in [1.29, 1.82) is 0 Å². The topological polar surface area (TPSA) is 63.3 Å². The maximum absolute atomic E-state index is 10.8. The Kier molecular flexibility index (Phi) is 2.54. The summed E-state index contributed by atoms with van der Waals surface area (Å²) in [5.74, 6) is 3.08. The maximum atomic E-state index is 10.8. The Bertz CT molecular complexity index is 525. The average Bonchev–Trinajstić information content (AvgIpc) is 2.68. The van der Waals surface area contributed by atoms with Crippen LogP contribution in [0.3, 0.4) is 0 Å². The SMILES string of the molecule is Cc1nc(CC(=O)O)oc1C12CC3CC(CC(C3)C1)C2. The number of aliphatic carboxylic acids is 1. The normalized spacial score (nSPS) is 38.4. The highest BCUT2D eigenvalue weighted by Crippen LogP contribution is 2.61. The Balaban J connectivity index is 1.70. The first-order valence-corrected chi connectivity index (χ1v) is 7.73. The van der Waals surface area contributed by atoms with Crippen LogP contribution in [0.1, 0.15) is 55.9 Å². The van der Waals surface area contributed by atoms with Crippen LogP contribution < -0.4 is 0 Å². The smallest absolute Gasteiger partial charge is 0.312 e. The second-order valence-corrected chi connectivity index (χ2v) is 7.29. The molecule has 0 unspecified atom stereocenters. The number of aromatic nitrogens is 1. The first-order valence-electron chi connectivity index (χ1n) is 7.73. The molecule has 4 saturated carbocycles. The summed E-state index contributed by atoms with van der Waals surface area (Å²) in [5, 5.41) is 8.90. The van der Waals surface area contributed by atoms with Crippen LogP contribution in [0.25, 0.3) is 0 Å². The molecule has 4 bridgehead atoms. The lowest BCUT2D eigenvalue weighted by molar-refractivity contribution is -0.136. The lowest BCUT2D eigenvalue weighted by atomic mass is 9.49. The molecule has 0 aromatic carbocycles. The molecule has 4 nitrogen and oxygen atoms in total. The predicted octanol–water partition coefficient (Wildman–Crippen LogP) is 3.08. The molecule has 0 spiro atoms. The summed E-state index contributed by atoms with van der Waals surface area (Å²) in [6.07, 6.45) is 7.76. The van der Waals surface area contributed by atoms with Crippen molar-refractivity contribution < 1.29 is 14.3 Å². The van der Waals surface area contributed by atoms with E-state index in [0.717, 1.165) is 29.2 Å². The van der Waals surface area contributed by atoms with Gasteiger partial charge in [0.05, 0.1) is 5.69 Å². The Morgan fingerprint density at radius 1 is 1.25 bits per heavy atom. The zero-order valence-electron chi connectivity index (χ0n) is 11.9. The summed E-state index contributed by atoms with van der Waals surface area (Å²) in [4.78, 5) is 15.2. The average molecular weight is 275 g/mol. The number of rotatable bonds is 3. The fraction of sp³-hybridized carbons (Fsp3) is 0.750. The first kappa shape index (κ1) is 12.4. The van der Waals surface area contributed by atoms with Crippen LogP contribution in [-0.4, -0.2) is 16.1 Å². The van der Waals surface area contributed by atoms with E-state index < -0.39 is 5.97 Å². The summed E-state index contributed by atoms with van der Waals surface area (Å²) in [7, 11) is 0. The van der Waals surface area contributed by atoms with Crippen LogP contribution in [0.2, 0.25) is 0 Å². The van der Waals surface area contributed by atoms with Gasteiger partial charge in [0.1, 0.15) is 12.2 Å². The van der Waals surface area contributed by atoms with Crippen molar-refractivity contribution in [2.75, 3.05) is 0 Å². The van der Waals surface area contributed by atoms with Gasteiger partial charge in [-0.3, -0.25) is 4.79 Å². The molecule has 4 heteroatoms. The van der Waals surface area contributed by atoms with E-state index in [4.69, 9.17) is 9.52 Å². The summed E-state index contributed by atoms with van der Waals surface area (Å²) >= 11 is 0. The Labute approximate surface area is 118 Å². The van der Waals surface area contributed by atoms with E-state index in [1.54, 1.807) is 0 Å². The number of aryl methyl sites for hydroxylation is 1. The lowest BCUT2D eigenvalue weighted by Gasteiger charge is -2.55. The minimum absolute atomic E-state index is 0.104. The third kappa shape index (κ3) is 1.80. The van der Waals surface area contributed by atoms with Gasteiger partial charge in [0.2, 0.25) is 5.89 Å². The van der Waals surface area contributed by atoms with E-state index in [1.807, 2.05) is 6.92 Å². The monoisotopic (exact) mass is 275 g/mol. The molecule has 1 aromatic rings. The van der Waals surface area contributed by atoms with Crippen LogP contribution >= 0.6 is 0 Å². The molecule has 0 amide bonds. The Morgan fingerprint density at radius 3 is 2.30 bits per heavy atom. The maximum Gasteiger partial charge on any atom is 0.312 e. The molecule has 108 valence electrons. The van der Waals surface area contributed by atoms with Crippen LogP contribution in [0.5, 0.6) is 0 Å². The zero-order valence-corrected chi connectivity index (χ0v) is 11.9. The summed E-state index contributed by atoms with van der Waals surface area (Å²) in [6.45, 7) is 1.97. The Hall–Kier alpha value is -1.32. The molecule has 0 saturated heterocycles. The van der Waals surface area contributed by atoms with Crippen LogP contribution in [0, 0.1) is 24.7 Å². The summed E-state index contributed by atoms with van der Waals surface area (Å²) in [5.41, 5.74) is 1.09. The van der Waals surface area contributed by atoms with Crippen molar-refractivity contribution in [3.8, 4) is 0 Å². The lowest BCUT2D eigenvalue weighted by Crippen LogP contribution is -2.48. The second-order valence-electron chi connectivity index (χ2n) is 7.29. The van der Waals surface area contributed by atoms with Crippen molar-refractivity contribution in [2.45, 2.75) is 57.3 Å². The molecule has 4 aliphatic carbocycles. The fourth-order valence-corrected chi connectivity index (χ4v) is 5.54. The van der Waals surface area contributed by atoms with E-state index in [2.05, 4.69) is 4.98 Å². The number of carboxylic acid groups (broad SMARTS) is 1. The first-order chi connectivity index (χ1) is 9.54. The van der Waals surface area contributed by atoms with Gasteiger partial charge in [0.25, 0.3) is 0 Å². The van der Waals surface area contributed by atoms with Gasteiger partial charge in [-0.2, -0.15) is 0 Å². The highest BCUT2D eigenvalue weighted by Gasteiger charge is 2.53. The minimum Gasteiger partial charge on any atom is -0.481 e. The summed E-state index contributed by atoms with van der Waals surface area (Å²) in [6, 6.07) is 0. The number of nitrogens with zero attached hydrogens (tertiary/aromatic N) is 1. The molecular weight excluding hydrogens is 254 g/mol. The van der Waals surface area contributed by atoms with E-state index in [9.17, 15) is 4.79 Å². The van der Waals surface area contributed by atoms with Gasteiger partial charge in [-0.1, -0.05) is 0 Å². The molecular formula is C16H21NO3. The fourth-order valence-electron chi connectivity index (χ4n) is 5.54. The van der Waals surface area contributed by atoms with Crippen molar-refractivity contribution in [3.63, 3.8) is 0 Å². The van der Waals surface area contributed by atoms with Crippen molar-refractivity contribution in [2.24, 2.45) is 17.8 Å². The van der Waals surface area contributed by atoms with Crippen LogP contribution in [0.4, 0.5) is 0 Å². The molecule has 1 heterocycles. The highest BCUT2D eigenvalue weighted by atomic mass is 16.4. The molecule has 0 aliphatic heterocycles. The second kappa shape index (κ2) is 4.09. The number of oxazole rings is 1. The molecule has 1 N–H and O–H groups in total. The van der Waals surface area contributed by atoms with Gasteiger partial charge in [0, 0.05) is 5.41 Å². The molecule has 0 atom stereocenters. The van der Waals surface area contributed by atoms with Crippen LogP contribution in [0.15, 0.2) is 4.42 Å². The quantitative estimate of drug-likeness (QED) is 0.920. The van der Waals surface area contributed by atoms with E-state index in [1.165, 1.54) is 38.5 Å². The number of hydrogen-bond donors (Lipinski definition) is 1. The van der Waals surface area contributed by atoms with Gasteiger partial charge >= 0.3 is 5.97 Å². The zero-order chi connectivity index (χ0) is 13.9. The van der Waals surface area contributed by atoms with Gasteiger partial charge in [0.15, 0.2) is 0 Å². The van der Waals surface area contributed by atoms with Gasteiger partial charge < -0.3 is 9.52 Å². The van der Waals surface area contributed by atoms with Gasteiger partial charge in [-0.15, -0.1) is 0 Å². The number of hydrogen-bond acceptors (Lipinski definition) is 3. The number of carbonyl (C=O) groups is 1. The molecule has 0 radical (unpaired) electrons. The van der Waals surface area contributed by atoms with E-state index >= 15 is 0 Å². The summed E-state index contributed by atoms with van der Waals surface area (Å²) < 4.78 is 5.92. The molecule has 4 aliphatic rings. The van der Waals surface area contributed by atoms with Gasteiger partial charge in [-0.25, -0.2) is 4.98 Å². The third-order valence-electron chi connectivity index (χ3n) is 5.66. The third-order valence-corrected chi connectivity index (χ3v) is 5.66. The predicted molar refractivity (Wildman–Crippen MR) is 72.4 cm³/mol. The van der Waals surface area contributed by atoms with Crippen LogP contribution in [-0.2, 0) is 16.6 Å². The molecule has 20 heavy (non-hydrogen) atoms. The number of carboxylic acids is 1. The highest BCUT2D eigenvalue weighted by molar-refractivity contribution is 5.68. The van der Waals surface area contributed by atoms with E-state index in [0.29, 0.717) is 5.89 Å². The molecule has 5 rings (SSSR count). The Morgan fingerprint density at radius 2 is 1.80 bits per heavy atom. The molecule has 1 aromatic heterocycles.